The molecule has 1 atom stereocenters. The number of carboxylic acids is 1. The van der Waals surface area contributed by atoms with Crippen LogP contribution in [0.5, 0.6) is 0 Å². The first-order chi connectivity index (χ1) is 8.70. The van der Waals surface area contributed by atoms with Crippen LogP contribution in [0.15, 0.2) is 17.0 Å². The smallest absolute Gasteiger partial charge is 0.324 e. The molecule has 0 aromatic heterocycles. The van der Waals surface area contributed by atoms with Crippen molar-refractivity contribution in [3.63, 3.8) is 0 Å². The predicted molar refractivity (Wildman–Crippen MR) is 65.3 cm³/mol. The van der Waals surface area contributed by atoms with Gasteiger partial charge in [-0.1, -0.05) is 23.2 Å². The van der Waals surface area contributed by atoms with Crippen molar-refractivity contribution in [3.05, 3.63) is 28.0 Å². The highest BCUT2D eigenvalue weighted by atomic mass is 35.5. The fourth-order valence-electron chi connectivity index (χ4n) is 1.13. The zero-order chi connectivity index (χ0) is 14.8. The maximum absolute atomic E-state index is 13.4. The second-order valence-electron chi connectivity index (χ2n) is 3.37. The summed E-state index contributed by atoms with van der Waals surface area (Å²) < 4.78 is 38.7. The maximum atomic E-state index is 13.4. The van der Waals surface area contributed by atoms with Gasteiger partial charge in [0, 0.05) is 0 Å². The van der Waals surface area contributed by atoms with Gasteiger partial charge in [-0.05, 0) is 12.1 Å². The van der Waals surface area contributed by atoms with Crippen LogP contribution < -0.4 is 4.72 Å². The van der Waals surface area contributed by atoms with Gasteiger partial charge < -0.3 is 10.2 Å². The van der Waals surface area contributed by atoms with Crippen LogP contribution in [0.4, 0.5) is 4.39 Å². The van der Waals surface area contributed by atoms with Crippen molar-refractivity contribution in [1.82, 2.24) is 4.72 Å². The summed E-state index contributed by atoms with van der Waals surface area (Å²) in [6, 6.07) is 0.123. The number of hydrogen-bond acceptors (Lipinski definition) is 4. The molecule has 0 fully saturated rings. The van der Waals surface area contributed by atoms with E-state index in [4.69, 9.17) is 33.4 Å². The average molecular weight is 332 g/mol. The summed E-state index contributed by atoms with van der Waals surface area (Å²) >= 11 is 10.9. The fraction of sp³-hybridized carbons (Fsp3) is 0.222. The zero-order valence-electron chi connectivity index (χ0n) is 9.10. The van der Waals surface area contributed by atoms with Crippen LogP contribution in [0.25, 0.3) is 0 Å². The minimum atomic E-state index is -4.41. The lowest BCUT2D eigenvalue weighted by atomic mass is 10.3. The molecule has 0 spiro atoms. The number of carbonyl (C=O) groups is 1. The first-order valence-corrected chi connectivity index (χ1v) is 6.94. The van der Waals surface area contributed by atoms with E-state index in [9.17, 15) is 17.6 Å². The topological polar surface area (TPSA) is 104 Å². The Bertz CT molecular complexity index is 607. The van der Waals surface area contributed by atoms with Gasteiger partial charge in [-0.15, -0.1) is 0 Å². The monoisotopic (exact) mass is 331 g/mol. The van der Waals surface area contributed by atoms with Gasteiger partial charge in [0.25, 0.3) is 0 Å². The highest BCUT2D eigenvalue weighted by Gasteiger charge is 2.28. The number of rotatable bonds is 5. The molecule has 6 nitrogen and oxygen atoms in total. The van der Waals surface area contributed by atoms with Crippen LogP contribution in [0.1, 0.15) is 0 Å². The molecule has 0 aliphatic carbocycles. The number of halogens is 3. The summed E-state index contributed by atoms with van der Waals surface area (Å²) in [5, 5.41) is 16.2. The van der Waals surface area contributed by atoms with Gasteiger partial charge in [0.2, 0.25) is 10.0 Å². The molecule has 1 aromatic rings. The third kappa shape index (κ3) is 3.54. The Balaban J connectivity index is 3.22. The van der Waals surface area contributed by atoms with Crippen molar-refractivity contribution in [1.29, 1.82) is 0 Å². The van der Waals surface area contributed by atoms with Crippen LogP contribution in [-0.2, 0) is 14.8 Å². The summed E-state index contributed by atoms with van der Waals surface area (Å²) in [5.74, 6) is -2.72. The Morgan fingerprint density at radius 1 is 1.42 bits per heavy atom. The molecular formula is C9H8Cl2FNO5S. The fourth-order valence-corrected chi connectivity index (χ4v) is 3.06. The van der Waals surface area contributed by atoms with E-state index in [0.717, 1.165) is 12.1 Å². The molecule has 10 heteroatoms. The van der Waals surface area contributed by atoms with Crippen molar-refractivity contribution < 1.29 is 27.8 Å². The number of aliphatic hydroxyl groups excluding tert-OH is 1. The summed E-state index contributed by atoms with van der Waals surface area (Å²) in [5.41, 5.74) is 0. The van der Waals surface area contributed by atoms with Gasteiger partial charge in [-0.2, -0.15) is 4.72 Å². The van der Waals surface area contributed by atoms with Crippen molar-refractivity contribution >= 4 is 39.2 Å². The van der Waals surface area contributed by atoms with Gasteiger partial charge in [0.1, 0.15) is 10.9 Å². The van der Waals surface area contributed by atoms with Crippen LogP contribution in [0.3, 0.4) is 0 Å². The number of aliphatic carboxylic acids is 1. The zero-order valence-corrected chi connectivity index (χ0v) is 11.4. The van der Waals surface area contributed by atoms with Gasteiger partial charge in [-0.25, -0.2) is 12.8 Å². The van der Waals surface area contributed by atoms with Crippen molar-refractivity contribution in [2.24, 2.45) is 0 Å². The van der Waals surface area contributed by atoms with Crippen LogP contribution in [0.2, 0.25) is 10.0 Å². The van der Waals surface area contributed by atoms with E-state index in [1.54, 1.807) is 4.72 Å². The van der Waals surface area contributed by atoms with Crippen LogP contribution in [0, 0.1) is 5.82 Å². The standard InChI is InChI=1S/C9H8Cl2FNO5S/c10-4-1-2-6(7(11)8(4)12)19(17,18)13-5(3-14)9(15)16/h1-2,5,13-14H,3H2,(H,15,16). The Labute approximate surface area is 117 Å². The van der Waals surface area contributed by atoms with Gasteiger partial charge in [-0.3, -0.25) is 4.79 Å². The normalized spacial score (nSPS) is 13.3. The molecule has 0 saturated carbocycles. The van der Waals surface area contributed by atoms with E-state index in [0.29, 0.717) is 0 Å². The van der Waals surface area contributed by atoms with Gasteiger partial charge in [0.15, 0.2) is 5.82 Å². The molecule has 106 valence electrons. The van der Waals surface area contributed by atoms with Crippen LogP contribution >= 0.6 is 23.2 Å². The SMILES string of the molecule is O=C(O)C(CO)NS(=O)(=O)c1ccc(Cl)c(F)c1Cl. The number of carboxylic acid groups (broad SMARTS) is 1. The van der Waals surface area contributed by atoms with E-state index in [2.05, 4.69) is 0 Å². The third-order valence-corrected chi connectivity index (χ3v) is 4.35. The van der Waals surface area contributed by atoms with Crippen molar-refractivity contribution in [2.45, 2.75) is 10.9 Å². The summed E-state index contributed by atoms with van der Waals surface area (Å²) in [4.78, 5) is 9.96. The molecule has 0 amide bonds. The van der Waals surface area contributed by atoms with E-state index in [-0.39, 0.29) is 5.02 Å². The minimum absolute atomic E-state index is 0.374. The van der Waals surface area contributed by atoms with E-state index < -0.39 is 44.4 Å². The van der Waals surface area contributed by atoms with Gasteiger partial charge in [0.05, 0.1) is 16.7 Å². The highest BCUT2D eigenvalue weighted by Crippen LogP contribution is 2.29. The number of aliphatic hydroxyl groups is 1. The largest absolute Gasteiger partial charge is 0.480 e. The van der Waals surface area contributed by atoms with E-state index in [1.165, 1.54) is 0 Å². The number of sulfonamides is 1. The lowest BCUT2D eigenvalue weighted by molar-refractivity contribution is -0.139. The molecule has 0 saturated heterocycles. The third-order valence-electron chi connectivity index (χ3n) is 2.07. The second kappa shape index (κ2) is 6.02. The maximum Gasteiger partial charge on any atom is 0.324 e. The molecule has 0 heterocycles. The molecule has 19 heavy (non-hydrogen) atoms. The predicted octanol–water partition coefficient (Wildman–Crippen LogP) is 0.856. The first kappa shape index (κ1) is 16.1. The molecule has 0 aliphatic rings. The molecule has 0 radical (unpaired) electrons. The molecule has 3 N–H and O–H groups in total. The molecule has 1 aromatic carbocycles. The minimum Gasteiger partial charge on any atom is -0.480 e. The summed E-state index contributed by atoms with van der Waals surface area (Å²) in [6.45, 7) is -0.970. The van der Waals surface area contributed by atoms with Crippen molar-refractivity contribution in [2.75, 3.05) is 6.61 Å². The molecule has 1 unspecified atom stereocenters. The van der Waals surface area contributed by atoms with Crippen molar-refractivity contribution in [3.8, 4) is 0 Å². The Kier molecular flexibility index (Phi) is 5.11. The summed E-state index contributed by atoms with van der Waals surface area (Å²) in [6.07, 6.45) is 0. The number of nitrogens with one attached hydrogen (secondary N) is 1. The number of benzene rings is 1. The second-order valence-corrected chi connectivity index (χ2v) is 5.84. The molecular weight excluding hydrogens is 324 g/mol. The average Bonchev–Trinajstić information content (AvgIpc) is 2.32. The Morgan fingerprint density at radius 3 is 2.47 bits per heavy atom. The number of hydrogen-bond donors (Lipinski definition) is 3. The summed E-state index contributed by atoms with van der Waals surface area (Å²) in [7, 11) is -4.41. The van der Waals surface area contributed by atoms with Gasteiger partial charge >= 0.3 is 5.97 Å². The molecule has 0 bridgehead atoms. The quantitative estimate of drug-likeness (QED) is 0.694. The lowest BCUT2D eigenvalue weighted by Gasteiger charge is -2.13. The molecule has 1 rings (SSSR count). The van der Waals surface area contributed by atoms with Crippen LogP contribution in [-0.4, -0.2) is 37.2 Å². The van der Waals surface area contributed by atoms with E-state index in [1.807, 2.05) is 0 Å². The molecule has 0 aliphatic heterocycles. The Morgan fingerprint density at radius 2 is 2.00 bits per heavy atom. The Hall–Kier alpha value is -0.930. The first-order valence-electron chi connectivity index (χ1n) is 4.70. The van der Waals surface area contributed by atoms with E-state index >= 15 is 0 Å². The lowest BCUT2D eigenvalue weighted by Crippen LogP contribution is -2.43. The highest BCUT2D eigenvalue weighted by molar-refractivity contribution is 7.89.